The maximum absolute atomic E-state index is 11.0. The van der Waals surface area contributed by atoms with Gasteiger partial charge in [0, 0.05) is 0 Å². The molecule has 0 aromatic carbocycles. The standard InChI is InChI=1S/C8H12Cl2O8/c9-6(10)8(17)18-5(7(15)16)4(14)3(13)2(12)1-11/h2-6,11-14H,1H2,(H,15,16)/t2-,3-,4+,5-/m1/s1. The summed E-state index contributed by atoms with van der Waals surface area (Å²) in [7, 11) is 0. The predicted octanol–water partition coefficient (Wildman–Crippen LogP) is -2.14. The summed E-state index contributed by atoms with van der Waals surface area (Å²) in [4.78, 5) is 20.0. The molecule has 0 amide bonds. The third kappa shape index (κ3) is 4.92. The largest absolute Gasteiger partial charge is 0.478 e. The summed E-state index contributed by atoms with van der Waals surface area (Å²) in [5.41, 5.74) is 0. The van der Waals surface area contributed by atoms with Gasteiger partial charge in [-0.05, 0) is 0 Å². The molecule has 0 spiro atoms. The molecule has 0 unspecified atom stereocenters. The average Bonchev–Trinajstić information content (AvgIpc) is 2.32. The minimum Gasteiger partial charge on any atom is -0.478 e. The number of alkyl halides is 2. The van der Waals surface area contributed by atoms with Crippen molar-refractivity contribution in [3.05, 3.63) is 0 Å². The summed E-state index contributed by atoms with van der Waals surface area (Å²) >= 11 is 10.2. The van der Waals surface area contributed by atoms with Gasteiger partial charge in [0.05, 0.1) is 6.61 Å². The van der Waals surface area contributed by atoms with Gasteiger partial charge in [0.1, 0.15) is 18.3 Å². The minimum atomic E-state index is -2.19. The van der Waals surface area contributed by atoms with Crippen molar-refractivity contribution >= 4 is 35.1 Å². The van der Waals surface area contributed by atoms with Crippen molar-refractivity contribution in [1.29, 1.82) is 0 Å². The Bertz CT molecular complexity index is 297. The summed E-state index contributed by atoms with van der Waals surface area (Å²) in [6.45, 7) is -0.924. The van der Waals surface area contributed by atoms with Gasteiger partial charge in [-0.1, -0.05) is 23.2 Å². The van der Waals surface area contributed by atoms with E-state index in [0.29, 0.717) is 0 Å². The van der Waals surface area contributed by atoms with Gasteiger partial charge in [-0.15, -0.1) is 0 Å². The van der Waals surface area contributed by atoms with Crippen LogP contribution in [0, 0.1) is 0 Å². The highest BCUT2D eigenvalue weighted by molar-refractivity contribution is 6.52. The van der Waals surface area contributed by atoms with E-state index in [4.69, 9.17) is 38.5 Å². The number of esters is 1. The zero-order valence-corrected chi connectivity index (χ0v) is 10.3. The fourth-order valence-electron chi connectivity index (χ4n) is 0.957. The number of carbonyl (C=O) groups is 2. The van der Waals surface area contributed by atoms with Crippen LogP contribution in [0.2, 0.25) is 0 Å². The summed E-state index contributed by atoms with van der Waals surface area (Å²) in [6, 6.07) is 0. The van der Waals surface area contributed by atoms with Crippen LogP contribution in [0.15, 0.2) is 0 Å². The number of ether oxygens (including phenoxy) is 1. The van der Waals surface area contributed by atoms with E-state index in [9.17, 15) is 19.8 Å². The second kappa shape index (κ2) is 7.72. The topological polar surface area (TPSA) is 145 Å². The van der Waals surface area contributed by atoms with E-state index in [-0.39, 0.29) is 0 Å². The Balaban J connectivity index is 4.79. The minimum absolute atomic E-state index is 0.924. The first-order valence-electron chi connectivity index (χ1n) is 4.58. The van der Waals surface area contributed by atoms with Gasteiger partial charge < -0.3 is 30.3 Å². The van der Waals surface area contributed by atoms with Crippen LogP contribution in [0.5, 0.6) is 0 Å². The maximum Gasteiger partial charge on any atom is 0.347 e. The van der Waals surface area contributed by atoms with Crippen LogP contribution >= 0.6 is 23.2 Å². The van der Waals surface area contributed by atoms with Gasteiger partial charge in [0.15, 0.2) is 0 Å². The summed E-state index contributed by atoms with van der Waals surface area (Å²) in [5.74, 6) is -3.12. The molecule has 4 atom stereocenters. The molecule has 0 saturated heterocycles. The third-order valence-corrected chi connectivity index (χ3v) is 2.26. The molecule has 0 aliphatic heterocycles. The van der Waals surface area contributed by atoms with Crippen molar-refractivity contribution in [3.63, 3.8) is 0 Å². The Labute approximate surface area is 111 Å². The summed E-state index contributed by atoms with van der Waals surface area (Å²) in [5, 5.41) is 44.9. The first kappa shape index (κ1) is 17.4. The molecule has 10 heteroatoms. The van der Waals surface area contributed by atoms with Crippen LogP contribution in [0.3, 0.4) is 0 Å². The molecule has 106 valence electrons. The van der Waals surface area contributed by atoms with E-state index in [2.05, 4.69) is 4.74 Å². The van der Waals surface area contributed by atoms with Crippen LogP contribution in [0.1, 0.15) is 0 Å². The number of aliphatic hydroxyl groups is 4. The molecular weight excluding hydrogens is 295 g/mol. The fourth-order valence-corrected chi connectivity index (χ4v) is 1.06. The van der Waals surface area contributed by atoms with Crippen molar-refractivity contribution in [3.8, 4) is 0 Å². The van der Waals surface area contributed by atoms with E-state index in [1.54, 1.807) is 0 Å². The van der Waals surface area contributed by atoms with Crippen LogP contribution in [0.25, 0.3) is 0 Å². The lowest BCUT2D eigenvalue weighted by atomic mass is 10.0. The van der Waals surface area contributed by atoms with Gasteiger partial charge in [0.25, 0.3) is 0 Å². The lowest BCUT2D eigenvalue weighted by Gasteiger charge is -2.26. The molecule has 0 heterocycles. The van der Waals surface area contributed by atoms with Gasteiger partial charge in [-0.25, -0.2) is 9.59 Å². The van der Waals surface area contributed by atoms with Crippen molar-refractivity contribution < 1.29 is 39.9 Å². The molecule has 0 fully saturated rings. The molecule has 0 bridgehead atoms. The summed E-state index contributed by atoms with van der Waals surface area (Å²) in [6.07, 6.45) is -8.19. The van der Waals surface area contributed by atoms with Crippen LogP contribution in [0.4, 0.5) is 0 Å². The smallest absolute Gasteiger partial charge is 0.347 e. The van der Waals surface area contributed by atoms with Crippen molar-refractivity contribution in [2.75, 3.05) is 6.61 Å². The Morgan fingerprint density at radius 2 is 1.61 bits per heavy atom. The highest BCUT2D eigenvalue weighted by Gasteiger charge is 2.39. The Hall–Kier alpha value is -0.640. The lowest BCUT2D eigenvalue weighted by Crippen LogP contribution is -2.50. The number of rotatable bonds is 7. The molecule has 0 aromatic rings. The fraction of sp³-hybridized carbons (Fsp3) is 0.750. The monoisotopic (exact) mass is 306 g/mol. The first-order valence-corrected chi connectivity index (χ1v) is 5.46. The van der Waals surface area contributed by atoms with Gasteiger partial charge in [-0.3, -0.25) is 0 Å². The number of halogens is 2. The van der Waals surface area contributed by atoms with Gasteiger partial charge >= 0.3 is 11.9 Å². The normalized spacial score (nSPS) is 17.9. The molecule has 0 saturated carbocycles. The first-order chi connectivity index (χ1) is 8.22. The number of carboxylic acids is 1. The van der Waals surface area contributed by atoms with E-state index < -0.39 is 47.8 Å². The Kier molecular flexibility index (Phi) is 7.45. The van der Waals surface area contributed by atoms with Crippen LogP contribution in [-0.2, 0) is 14.3 Å². The number of hydrogen-bond acceptors (Lipinski definition) is 7. The second-order valence-corrected chi connectivity index (χ2v) is 4.32. The molecule has 5 N–H and O–H groups in total. The van der Waals surface area contributed by atoms with Crippen LogP contribution in [-0.4, -0.2) is 73.3 Å². The molecule has 0 aliphatic rings. The number of carbonyl (C=O) groups excluding carboxylic acids is 1. The maximum atomic E-state index is 11.0. The van der Waals surface area contributed by atoms with E-state index in [1.165, 1.54) is 0 Å². The third-order valence-electron chi connectivity index (χ3n) is 1.91. The van der Waals surface area contributed by atoms with E-state index in [1.807, 2.05) is 0 Å². The van der Waals surface area contributed by atoms with Gasteiger partial charge in [0.2, 0.25) is 10.9 Å². The molecule has 0 aromatic heterocycles. The molecular formula is C8H12Cl2O8. The molecule has 0 aliphatic carbocycles. The number of carboxylic acid groups (broad SMARTS) is 1. The molecule has 0 radical (unpaired) electrons. The molecule has 18 heavy (non-hydrogen) atoms. The second-order valence-electron chi connectivity index (χ2n) is 3.23. The highest BCUT2D eigenvalue weighted by Crippen LogP contribution is 2.12. The zero-order chi connectivity index (χ0) is 14.5. The molecule has 0 rings (SSSR count). The van der Waals surface area contributed by atoms with E-state index in [0.717, 1.165) is 0 Å². The van der Waals surface area contributed by atoms with Crippen molar-refractivity contribution in [1.82, 2.24) is 0 Å². The quantitative estimate of drug-likeness (QED) is 0.265. The number of aliphatic hydroxyl groups excluding tert-OH is 4. The van der Waals surface area contributed by atoms with Crippen molar-refractivity contribution in [2.24, 2.45) is 0 Å². The highest BCUT2D eigenvalue weighted by atomic mass is 35.5. The van der Waals surface area contributed by atoms with Crippen molar-refractivity contribution in [2.45, 2.75) is 29.3 Å². The lowest BCUT2D eigenvalue weighted by molar-refractivity contribution is -0.181. The van der Waals surface area contributed by atoms with Gasteiger partial charge in [-0.2, -0.15) is 0 Å². The zero-order valence-electron chi connectivity index (χ0n) is 8.81. The SMILES string of the molecule is O=C(O[C@@H](C(=O)O)[C@@H](O)[C@H](O)[C@H](O)CO)C(Cl)Cl. The van der Waals surface area contributed by atoms with E-state index >= 15 is 0 Å². The Morgan fingerprint density at radius 1 is 1.11 bits per heavy atom. The van der Waals surface area contributed by atoms with Crippen LogP contribution < -0.4 is 0 Å². The number of aliphatic carboxylic acids is 1. The molecule has 8 nitrogen and oxygen atoms in total. The number of hydrogen-bond donors (Lipinski definition) is 5. The average molecular weight is 307 g/mol. The predicted molar refractivity (Wildman–Crippen MR) is 58.1 cm³/mol. The Morgan fingerprint density at radius 3 is 1.94 bits per heavy atom. The summed E-state index contributed by atoms with van der Waals surface area (Å²) < 4.78 is 4.25.